The maximum Gasteiger partial charge on any atom is 0.305 e. The lowest BCUT2D eigenvalue weighted by atomic mass is 10.2. The number of rotatable bonds is 5. The van der Waals surface area contributed by atoms with Gasteiger partial charge >= 0.3 is 5.97 Å². The summed E-state index contributed by atoms with van der Waals surface area (Å²) >= 11 is 0. The van der Waals surface area contributed by atoms with Crippen LogP contribution >= 0.6 is 0 Å². The molecule has 5 nitrogen and oxygen atoms in total. The van der Waals surface area contributed by atoms with E-state index in [1.54, 1.807) is 36.5 Å². The van der Waals surface area contributed by atoms with Gasteiger partial charge in [0, 0.05) is 18.3 Å². The Balaban J connectivity index is 2.32. The number of aliphatic carboxylic acids is 1. The Bertz CT molecular complexity index is 641. The lowest BCUT2D eigenvalue weighted by Gasteiger charge is -2.21. The van der Waals surface area contributed by atoms with Crippen LogP contribution in [0, 0.1) is 6.92 Å². The first-order valence-corrected chi connectivity index (χ1v) is 6.59. The number of carbonyl (C=O) groups is 2. The van der Waals surface area contributed by atoms with Gasteiger partial charge in [0.1, 0.15) is 5.82 Å². The van der Waals surface area contributed by atoms with Gasteiger partial charge in [-0.2, -0.15) is 0 Å². The summed E-state index contributed by atoms with van der Waals surface area (Å²) in [6.07, 6.45) is 1.48. The minimum Gasteiger partial charge on any atom is -0.481 e. The minimum atomic E-state index is -0.950. The Morgan fingerprint density at radius 2 is 1.90 bits per heavy atom. The van der Waals surface area contributed by atoms with E-state index in [0.29, 0.717) is 11.4 Å². The van der Waals surface area contributed by atoms with Gasteiger partial charge in [0.05, 0.1) is 6.42 Å². The second-order valence-electron chi connectivity index (χ2n) is 4.66. The van der Waals surface area contributed by atoms with Crippen molar-refractivity contribution < 1.29 is 14.7 Å². The fourth-order valence-corrected chi connectivity index (χ4v) is 1.93. The van der Waals surface area contributed by atoms with E-state index in [4.69, 9.17) is 5.11 Å². The Kier molecular flexibility index (Phi) is 4.66. The molecule has 2 rings (SSSR count). The molecule has 108 valence electrons. The van der Waals surface area contributed by atoms with Crippen LogP contribution in [0.25, 0.3) is 0 Å². The van der Waals surface area contributed by atoms with Crippen molar-refractivity contribution in [3.63, 3.8) is 0 Å². The molecule has 0 fully saturated rings. The smallest absolute Gasteiger partial charge is 0.305 e. The lowest BCUT2D eigenvalue weighted by Crippen LogP contribution is -2.33. The standard InChI is InChI=1S/C16H16N2O3/c1-12-7-9-17-14(11-12)18(10-8-15(19)20)16(21)13-5-3-2-4-6-13/h2-7,9,11H,8,10H2,1H3,(H,19,20). The zero-order valence-electron chi connectivity index (χ0n) is 11.7. The summed E-state index contributed by atoms with van der Waals surface area (Å²) in [6, 6.07) is 12.4. The predicted molar refractivity (Wildman–Crippen MR) is 79.3 cm³/mol. The first-order valence-electron chi connectivity index (χ1n) is 6.59. The van der Waals surface area contributed by atoms with Crippen molar-refractivity contribution in [2.24, 2.45) is 0 Å². The third kappa shape index (κ3) is 3.89. The SMILES string of the molecule is Cc1ccnc(N(CCC(=O)O)C(=O)c2ccccc2)c1. The van der Waals surface area contributed by atoms with Crippen LogP contribution in [0.15, 0.2) is 48.7 Å². The number of carboxylic acids is 1. The summed E-state index contributed by atoms with van der Waals surface area (Å²) in [4.78, 5) is 28.9. The normalized spacial score (nSPS) is 10.1. The summed E-state index contributed by atoms with van der Waals surface area (Å²) in [7, 11) is 0. The van der Waals surface area contributed by atoms with Gasteiger partial charge in [-0.1, -0.05) is 18.2 Å². The van der Waals surface area contributed by atoms with Gasteiger partial charge in [0.25, 0.3) is 5.91 Å². The highest BCUT2D eigenvalue weighted by Crippen LogP contribution is 2.16. The van der Waals surface area contributed by atoms with Crippen molar-refractivity contribution in [1.82, 2.24) is 4.98 Å². The highest BCUT2D eigenvalue weighted by atomic mass is 16.4. The van der Waals surface area contributed by atoms with E-state index >= 15 is 0 Å². The third-order valence-corrected chi connectivity index (χ3v) is 2.99. The number of anilines is 1. The largest absolute Gasteiger partial charge is 0.481 e. The molecule has 0 unspecified atom stereocenters. The molecule has 0 spiro atoms. The first-order chi connectivity index (χ1) is 10.1. The van der Waals surface area contributed by atoms with Gasteiger partial charge in [-0.15, -0.1) is 0 Å². The molecule has 0 saturated heterocycles. The van der Waals surface area contributed by atoms with E-state index in [1.165, 1.54) is 4.90 Å². The first kappa shape index (κ1) is 14.7. The van der Waals surface area contributed by atoms with Gasteiger partial charge in [-0.25, -0.2) is 4.98 Å². The topological polar surface area (TPSA) is 70.5 Å². The van der Waals surface area contributed by atoms with Crippen molar-refractivity contribution >= 4 is 17.7 Å². The van der Waals surface area contributed by atoms with Crippen molar-refractivity contribution in [3.05, 3.63) is 59.8 Å². The van der Waals surface area contributed by atoms with Gasteiger partial charge in [0.15, 0.2) is 0 Å². The quantitative estimate of drug-likeness (QED) is 0.915. The number of benzene rings is 1. The molecule has 1 amide bonds. The van der Waals surface area contributed by atoms with Crippen LogP contribution in [-0.4, -0.2) is 28.5 Å². The molecule has 1 heterocycles. The summed E-state index contributed by atoms with van der Waals surface area (Å²) < 4.78 is 0. The molecule has 0 aliphatic carbocycles. The molecule has 0 bridgehead atoms. The van der Waals surface area contributed by atoms with Crippen LogP contribution in [0.5, 0.6) is 0 Å². The molecule has 0 aliphatic rings. The van der Waals surface area contributed by atoms with Gasteiger partial charge in [-0.3, -0.25) is 14.5 Å². The maximum absolute atomic E-state index is 12.6. The third-order valence-electron chi connectivity index (χ3n) is 2.99. The van der Waals surface area contributed by atoms with E-state index in [-0.39, 0.29) is 18.9 Å². The number of amides is 1. The van der Waals surface area contributed by atoms with Crippen LogP contribution in [0.3, 0.4) is 0 Å². The van der Waals surface area contributed by atoms with Crippen molar-refractivity contribution in [2.75, 3.05) is 11.4 Å². The zero-order chi connectivity index (χ0) is 15.2. The molecule has 0 saturated carbocycles. The number of pyridine rings is 1. The van der Waals surface area contributed by atoms with Crippen molar-refractivity contribution in [3.8, 4) is 0 Å². The molecule has 0 radical (unpaired) electrons. The van der Waals surface area contributed by atoms with Gasteiger partial charge < -0.3 is 5.11 Å². The maximum atomic E-state index is 12.6. The number of aromatic nitrogens is 1. The number of nitrogens with zero attached hydrogens (tertiary/aromatic N) is 2. The van der Waals surface area contributed by atoms with E-state index in [2.05, 4.69) is 4.98 Å². The second-order valence-corrected chi connectivity index (χ2v) is 4.66. The molecule has 0 aliphatic heterocycles. The lowest BCUT2D eigenvalue weighted by molar-refractivity contribution is -0.136. The molecule has 1 N–H and O–H groups in total. The van der Waals surface area contributed by atoms with Crippen LogP contribution in [0.4, 0.5) is 5.82 Å². The second kappa shape index (κ2) is 6.65. The van der Waals surface area contributed by atoms with Crippen LogP contribution in [0.1, 0.15) is 22.3 Å². The summed E-state index contributed by atoms with van der Waals surface area (Å²) in [6.45, 7) is 1.98. The molecule has 21 heavy (non-hydrogen) atoms. The number of hydrogen-bond acceptors (Lipinski definition) is 3. The van der Waals surface area contributed by atoms with Crippen LogP contribution in [-0.2, 0) is 4.79 Å². The number of aryl methyl sites for hydroxylation is 1. The van der Waals surface area contributed by atoms with Crippen molar-refractivity contribution in [2.45, 2.75) is 13.3 Å². The summed E-state index contributed by atoms with van der Waals surface area (Å²) in [5.74, 6) is -0.742. The number of carbonyl (C=O) groups excluding carboxylic acids is 1. The van der Waals surface area contributed by atoms with E-state index in [1.807, 2.05) is 19.1 Å². The van der Waals surface area contributed by atoms with Crippen LogP contribution in [0.2, 0.25) is 0 Å². The van der Waals surface area contributed by atoms with E-state index < -0.39 is 5.97 Å². The molecule has 2 aromatic rings. The van der Waals surface area contributed by atoms with Crippen LogP contribution < -0.4 is 4.90 Å². The Morgan fingerprint density at radius 1 is 1.19 bits per heavy atom. The average molecular weight is 284 g/mol. The fraction of sp³-hybridized carbons (Fsp3) is 0.188. The average Bonchev–Trinajstić information content (AvgIpc) is 2.48. The van der Waals surface area contributed by atoms with Gasteiger partial charge in [0.2, 0.25) is 0 Å². The fourth-order valence-electron chi connectivity index (χ4n) is 1.93. The molecular weight excluding hydrogens is 268 g/mol. The Hall–Kier alpha value is -2.69. The van der Waals surface area contributed by atoms with E-state index in [9.17, 15) is 9.59 Å². The molecule has 1 aromatic carbocycles. The molecular formula is C16H16N2O3. The van der Waals surface area contributed by atoms with E-state index in [0.717, 1.165) is 5.56 Å². The predicted octanol–water partition coefficient (Wildman–Crippen LogP) is 2.51. The number of hydrogen-bond donors (Lipinski definition) is 1. The monoisotopic (exact) mass is 284 g/mol. The Labute approximate surface area is 122 Å². The zero-order valence-corrected chi connectivity index (χ0v) is 11.7. The molecule has 1 aromatic heterocycles. The van der Waals surface area contributed by atoms with Crippen molar-refractivity contribution in [1.29, 1.82) is 0 Å². The Morgan fingerprint density at radius 3 is 2.52 bits per heavy atom. The minimum absolute atomic E-state index is 0.0829. The molecule has 5 heteroatoms. The van der Waals surface area contributed by atoms with Gasteiger partial charge in [-0.05, 0) is 36.8 Å². The molecule has 0 atom stereocenters. The summed E-state index contributed by atoms with van der Waals surface area (Å²) in [5.41, 5.74) is 1.47. The number of carboxylic acid groups (broad SMARTS) is 1. The highest BCUT2D eigenvalue weighted by molar-refractivity contribution is 6.05. The highest BCUT2D eigenvalue weighted by Gasteiger charge is 2.19. The summed E-state index contributed by atoms with van der Waals surface area (Å²) in [5, 5.41) is 8.86.